The normalized spacial score (nSPS) is 14.1. The van der Waals surface area contributed by atoms with Gasteiger partial charge in [-0.25, -0.2) is 4.98 Å². The minimum Gasteiger partial charge on any atom is -0.509 e. The first kappa shape index (κ1) is 50.7. The smallest absolute Gasteiger partial charge is 0.135 e. The van der Waals surface area contributed by atoms with E-state index in [9.17, 15) is 0 Å². The predicted molar refractivity (Wildman–Crippen MR) is 330 cm³/mol. The van der Waals surface area contributed by atoms with E-state index < -0.39 is 8.07 Å². The summed E-state index contributed by atoms with van der Waals surface area (Å²) < 4.78 is 9.02. The molecule has 2 aliphatic rings. The molecule has 0 amide bonds. The molecule has 80 heavy (non-hydrogen) atoms. The fraction of sp³-hybridized carbons (Fsp3) is 0.0685. The summed E-state index contributed by atoms with van der Waals surface area (Å²) in [6, 6.07) is 94.5. The van der Waals surface area contributed by atoms with Gasteiger partial charge in [-0.05, 0) is 127 Å². The number of para-hydroxylation sites is 2. The summed E-state index contributed by atoms with van der Waals surface area (Å²) in [7, 11) is -2.32. The quantitative estimate of drug-likeness (QED) is 0.101. The molecule has 0 fully saturated rings. The molecule has 0 saturated heterocycles. The van der Waals surface area contributed by atoms with Crippen molar-refractivity contribution in [1.29, 1.82) is 0 Å². The molecule has 14 rings (SSSR count). The van der Waals surface area contributed by atoms with Crippen LogP contribution < -0.4 is 14.5 Å². The number of aromatic nitrogens is 2. The van der Waals surface area contributed by atoms with E-state index in [4.69, 9.17) is 9.72 Å². The molecule has 0 unspecified atom stereocenters. The molecule has 7 heteroatoms. The first-order valence-electron chi connectivity index (χ1n) is 27.1. The van der Waals surface area contributed by atoms with E-state index in [1.54, 1.807) is 0 Å². The van der Waals surface area contributed by atoms with Crippen LogP contribution >= 0.6 is 0 Å². The number of hydrogen-bond donors (Lipinski definition) is 0. The van der Waals surface area contributed by atoms with Gasteiger partial charge in [-0.1, -0.05) is 207 Å². The average Bonchev–Trinajstić information content (AvgIpc) is 4.22. The van der Waals surface area contributed by atoms with Crippen LogP contribution in [-0.2, 0) is 26.1 Å². The summed E-state index contributed by atoms with van der Waals surface area (Å²) in [5.41, 5.74) is 19.1. The van der Waals surface area contributed by atoms with Gasteiger partial charge in [-0.2, -0.15) is 12.1 Å². The van der Waals surface area contributed by atoms with Crippen molar-refractivity contribution < 1.29 is 25.8 Å². The molecule has 10 aromatic carbocycles. The summed E-state index contributed by atoms with van der Waals surface area (Å²) in [6.07, 6.45) is 4.26. The van der Waals surface area contributed by atoms with E-state index >= 15 is 0 Å². The Morgan fingerprint density at radius 2 is 0.963 bits per heavy atom. The maximum atomic E-state index is 6.86. The Bertz CT molecular complexity index is 4050. The second-order valence-corrected chi connectivity index (χ2v) is 26.7. The van der Waals surface area contributed by atoms with Crippen molar-refractivity contribution in [2.24, 2.45) is 0 Å². The van der Waals surface area contributed by atoms with Crippen molar-refractivity contribution in [3.8, 4) is 84.1 Å². The number of hydrogen-bond acceptors (Lipinski definition) is 4. The zero-order valence-corrected chi connectivity index (χ0v) is 48.1. The van der Waals surface area contributed by atoms with Crippen LogP contribution in [0.1, 0.15) is 19.4 Å². The molecule has 4 heterocycles. The van der Waals surface area contributed by atoms with Gasteiger partial charge in [0, 0.05) is 61.1 Å². The predicted octanol–water partition coefficient (Wildman–Crippen LogP) is 18.9. The number of rotatable bonds is 10. The molecule has 390 valence electrons. The number of nitrogens with zero attached hydrogens (tertiary/aromatic N) is 4. The number of benzene rings is 10. The Morgan fingerprint density at radius 1 is 0.475 bits per heavy atom. The van der Waals surface area contributed by atoms with Crippen LogP contribution in [0.15, 0.2) is 260 Å². The van der Waals surface area contributed by atoms with Gasteiger partial charge >= 0.3 is 0 Å². The Hall–Kier alpha value is -8.80. The van der Waals surface area contributed by atoms with Crippen LogP contribution in [0, 0.1) is 18.8 Å². The van der Waals surface area contributed by atoms with Crippen LogP contribution in [0.25, 0.3) is 94.4 Å². The third-order valence-electron chi connectivity index (χ3n) is 16.6. The van der Waals surface area contributed by atoms with E-state index in [-0.39, 0.29) is 26.1 Å². The summed E-state index contributed by atoms with van der Waals surface area (Å²) in [4.78, 5) is 9.58. The summed E-state index contributed by atoms with van der Waals surface area (Å²) >= 11 is 0. The largest absolute Gasteiger partial charge is 0.509 e. The van der Waals surface area contributed by atoms with Crippen molar-refractivity contribution in [2.45, 2.75) is 32.0 Å². The van der Waals surface area contributed by atoms with Crippen LogP contribution in [0.2, 0.25) is 13.1 Å². The van der Waals surface area contributed by atoms with Gasteiger partial charge in [0.25, 0.3) is 0 Å². The zero-order chi connectivity index (χ0) is 53.2. The van der Waals surface area contributed by atoms with Crippen molar-refractivity contribution in [1.82, 2.24) is 9.55 Å². The molecule has 2 aliphatic heterocycles. The number of anilines is 2. The number of ether oxygens (including phenoxy) is 1. The summed E-state index contributed by atoms with van der Waals surface area (Å²) in [5, 5.41) is 3.37. The Balaban J connectivity index is 0.00000605. The molecule has 0 bridgehead atoms. The van der Waals surface area contributed by atoms with Gasteiger partial charge in [-0.3, -0.25) is 0 Å². The molecule has 0 aliphatic carbocycles. The van der Waals surface area contributed by atoms with E-state index in [0.29, 0.717) is 11.5 Å². The van der Waals surface area contributed by atoms with Gasteiger partial charge in [0.15, 0.2) is 0 Å². The fourth-order valence-corrected chi connectivity index (χ4v) is 14.6. The zero-order valence-electron chi connectivity index (χ0n) is 44.8. The van der Waals surface area contributed by atoms with Crippen molar-refractivity contribution >= 4 is 41.3 Å². The third kappa shape index (κ3) is 8.80. The second kappa shape index (κ2) is 20.5. The van der Waals surface area contributed by atoms with Gasteiger partial charge in [0.1, 0.15) is 5.82 Å². The van der Waals surface area contributed by atoms with Crippen LogP contribution in [0.4, 0.5) is 11.4 Å². The van der Waals surface area contributed by atoms with Gasteiger partial charge in [-0.15, -0.1) is 41.9 Å². The summed E-state index contributed by atoms with van der Waals surface area (Å²) in [5.74, 6) is 2.06. The number of pyridine rings is 1. The van der Waals surface area contributed by atoms with E-state index in [1.807, 2.05) is 30.5 Å². The topological polar surface area (TPSA) is 33.5 Å². The van der Waals surface area contributed by atoms with Crippen molar-refractivity contribution in [2.75, 3.05) is 9.80 Å². The third-order valence-corrected chi connectivity index (χ3v) is 21.7. The molecule has 12 aromatic rings. The first-order valence-corrected chi connectivity index (χ1v) is 30.1. The van der Waals surface area contributed by atoms with Gasteiger partial charge < -0.3 is 19.1 Å². The monoisotopic (exact) mass is 1230 g/mol. The molecule has 0 N–H and O–H groups in total. The van der Waals surface area contributed by atoms with Crippen molar-refractivity contribution in [3.63, 3.8) is 0 Å². The maximum absolute atomic E-state index is 6.86. The first-order chi connectivity index (χ1) is 38.7. The van der Waals surface area contributed by atoms with Gasteiger partial charge in [0.2, 0.25) is 0 Å². The fourth-order valence-electron chi connectivity index (χ4n) is 11.9. The Kier molecular flexibility index (Phi) is 13.0. The standard InChI is InChI=1S/C73H55N4OSi.Pt/c1-73(2)66-38-36-61(78-60-35-37-65-64-30-17-18-33-67(64)77(68(65)46-60)70-34-19-20-39-74-70)47-69(66)76-49-75(48-71(76)79(73,3)4)72-62(58-42-54(50-22-9-5-10-23-50)40-55(43-58)51-24-11-6-12-25-51)31-21-32-63(72)59-44-56(52-26-13-7-14-27-52)41-57(45-59)53-28-15-8-16-29-53;/h5-45,48-49H,1-4H3;/q-3;. The average molecular weight is 1230 g/mol. The minimum absolute atomic E-state index is 0. The molecule has 0 atom stereocenters. The molecule has 0 saturated carbocycles. The minimum atomic E-state index is -2.32. The second-order valence-electron chi connectivity index (χ2n) is 21.7. The van der Waals surface area contributed by atoms with Crippen LogP contribution in [0.5, 0.6) is 11.5 Å². The van der Waals surface area contributed by atoms with Crippen molar-refractivity contribution in [3.05, 3.63) is 285 Å². The molecule has 0 spiro atoms. The number of fused-ring (bicyclic) bond motifs is 6. The molecular weight excluding hydrogens is 1170 g/mol. The molecular formula is C73H55N4OPtSi-3. The van der Waals surface area contributed by atoms with E-state index in [2.05, 4.69) is 285 Å². The van der Waals surface area contributed by atoms with Gasteiger partial charge in [0.05, 0.1) is 8.07 Å². The van der Waals surface area contributed by atoms with Crippen LogP contribution in [0.3, 0.4) is 0 Å². The maximum Gasteiger partial charge on any atom is 0.135 e. The molecule has 2 aromatic heterocycles. The van der Waals surface area contributed by atoms with E-state index in [0.717, 1.165) is 83.5 Å². The van der Waals surface area contributed by atoms with Crippen LogP contribution in [-0.4, -0.2) is 17.6 Å². The van der Waals surface area contributed by atoms with E-state index in [1.165, 1.54) is 33.1 Å². The Labute approximate surface area is 484 Å². The molecule has 0 radical (unpaired) electrons. The molecule has 5 nitrogen and oxygen atoms in total. The SMILES string of the molecule is CC1(C)c2ccc(Oc3[c-]c4c(cc3)c3ccccc3n4-c3ccccn3)[c-]c2N2[CH-]N(c3c(-c4cc(-c5ccccc5)cc(-c5ccccc5)c4)cccc3-c3cc(-c4ccccc4)cc(-c4ccccc4)c3)C=C2[Si]1(C)C.[Pt]. The Morgan fingerprint density at radius 3 is 1.50 bits per heavy atom. The summed E-state index contributed by atoms with van der Waals surface area (Å²) in [6.45, 7) is 12.2.